The van der Waals surface area contributed by atoms with E-state index in [1.54, 1.807) is 14.2 Å². The van der Waals surface area contributed by atoms with Gasteiger partial charge in [-0.3, -0.25) is 0 Å². The fourth-order valence-electron chi connectivity index (χ4n) is 4.20. The SMILES string of the molecule is COc1ccc([C@H]2Oc3ccc(Cl)cc3[C@H]3CC(c4ccc(C)cc4)=NN32)cc1OC. The van der Waals surface area contributed by atoms with Crippen molar-refractivity contribution < 1.29 is 14.2 Å². The number of benzene rings is 3. The lowest BCUT2D eigenvalue weighted by Gasteiger charge is -2.38. The smallest absolute Gasteiger partial charge is 0.214 e. The Kier molecular flexibility index (Phi) is 4.98. The normalized spacial score (nSPS) is 19.2. The Labute approximate surface area is 186 Å². The molecule has 0 fully saturated rings. The maximum atomic E-state index is 6.43. The number of hydrazone groups is 1. The molecule has 0 aromatic heterocycles. The molecule has 0 radical (unpaired) electrons. The van der Waals surface area contributed by atoms with Crippen LogP contribution in [0.4, 0.5) is 0 Å². The summed E-state index contributed by atoms with van der Waals surface area (Å²) in [7, 11) is 3.26. The molecule has 6 heteroatoms. The van der Waals surface area contributed by atoms with Gasteiger partial charge in [0.05, 0.1) is 26.0 Å². The van der Waals surface area contributed by atoms with Crippen LogP contribution in [-0.2, 0) is 0 Å². The van der Waals surface area contributed by atoms with Gasteiger partial charge in [-0.1, -0.05) is 41.4 Å². The van der Waals surface area contributed by atoms with Gasteiger partial charge >= 0.3 is 0 Å². The van der Waals surface area contributed by atoms with Gasteiger partial charge in [-0.05, 0) is 48.9 Å². The molecule has 0 saturated heterocycles. The zero-order valence-corrected chi connectivity index (χ0v) is 18.4. The van der Waals surface area contributed by atoms with E-state index in [1.165, 1.54) is 5.56 Å². The van der Waals surface area contributed by atoms with Crippen LogP contribution in [0.3, 0.4) is 0 Å². The molecule has 31 heavy (non-hydrogen) atoms. The molecule has 2 aliphatic rings. The molecule has 0 aliphatic carbocycles. The van der Waals surface area contributed by atoms with Crippen LogP contribution in [0, 0.1) is 6.92 Å². The van der Waals surface area contributed by atoms with Gasteiger partial charge in [0.25, 0.3) is 0 Å². The van der Waals surface area contributed by atoms with E-state index in [4.69, 9.17) is 30.9 Å². The first-order chi connectivity index (χ1) is 15.1. The van der Waals surface area contributed by atoms with Crippen molar-refractivity contribution in [1.29, 1.82) is 0 Å². The number of nitrogens with zero attached hydrogens (tertiary/aromatic N) is 2. The Bertz CT molecular complexity index is 1160. The Balaban J connectivity index is 1.60. The second-order valence-corrected chi connectivity index (χ2v) is 8.22. The van der Waals surface area contributed by atoms with Crippen molar-refractivity contribution in [2.24, 2.45) is 5.10 Å². The zero-order chi connectivity index (χ0) is 21.5. The van der Waals surface area contributed by atoms with Crippen molar-refractivity contribution in [3.05, 3.63) is 87.9 Å². The number of fused-ring (bicyclic) bond motifs is 3. The number of rotatable bonds is 4. The third-order valence-corrected chi connectivity index (χ3v) is 6.06. The molecule has 2 aliphatic heterocycles. The first kappa shape index (κ1) is 19.8. The van der Waals surface area contributed by atoms with Crippen molar-refractivity contribution in [2.45, 2.75) is 25.6 Å². The Morgan fingerprint density at radius 2 is 1.74 bits per heavy atom. The largest absolute Gasteiger partial charge is 0.493 e. The molecule has 0 spiro atoms. The van der Waals surface area contributed by atoms with Crippen LogP contribution >= 0.6 is 11.6 Å². The summed E-state index contributed by atoms with van der Waals surface area (Å²) < 4.78 is 17.3. The molecular weight excluding hydrogens is 412 g/mol. The van der Waals surface area contributed by atoms with E-state index in [2.05, 4.69) is 31.2 Å². The third kappa shape index (κ3) is 3.49. The van der Waals surface area contributed by atoms with Crippen LogP contribution in [0.25, 0.3) is 0 Å². The highest BCUT2D eigenvalue weighted by Gasteiger charge is 2.41. The number of ether oxygens (including phenoxy) is 3. The first-order valence-electron chi connectivity index (χ1n) is 10.2. The van der Waals surface area contributed by atoms with Crippen LogP contribution in [0.2, 0.25) is 5.02 Å². The van der Waals surface area contributed by atoms with E-state index in [0.717, 1.165) is 34.6 Å². The van der Waals surface area contributed by atoms with Gasteiger partial charge < -0.3 is 14.2 Å². The molecule has 0 bridgehead atoms. The molecule has 2 heterocycles. The van der Waals surface area contributed by atoms with E-state index in [-0.39, 0.29) is 12.3 Å². The quantitative estimate of drug-likeness (QED) is 0.512. The molecule has 2 atom stereocenters. The molecule has 3 aromatic carbocycles. The summed E-state index contributed by atoms with van der Waals surface area (Å²) >= 11 is 6.32. The topological polar surface area (TPSA) is 43.3 Å². The van der Waals surface area contributed by atoms with Gasteiger partial charge in [0.1, 0.15) is 5.75 Å². The summed E-state index contributed by atoms with van der Waals surface area (Å²) in [6, 6.07) is 20.1. The number of hydrogen-bond acceptors (Lipinski definition) is 5. The lowest BCUT2D eigenvalue weighted by Crippen LogP contribution is -2.33. The fraction of sp³-hybridized carbons (Fsp3) is 0.240. The van der Waals surface area contributed by atoms with Crippen LogP contribution in [0.5, 0.6) is 17.2 Å². The summed E-state index contributed by atoms with van der Waals surface area (Å²) in [5, 5.41) is 7.73. The second kappa shape index (κ2) is 7.82. The summed E-state index contributed by atoms with van der Waals surface area (Å²) in [6.45, 7) is 2.09. The monoisotopic (exact) mass is 434 g/mol. The van der Waals surface area contributed by atoms with Crippen LogP contribution in [0.15, 0.2) is 65.8 Å². The second-order valence-electron chi connectivity index (χ2n) is 7.78. The lowest BCUT2D eigenvalue weighted by atomic mass is 9.95. The minimum atomic E-state index is -0.388. The molecule has 3 aromatic rings. The van der Waals surface area contributed by atoms with Gasteiger partial charge in [-0.2, -0.15) is 5.10 Å². The number of methoxy groups -OCH3 is 2. The van der Waals surface area contributed by atoms with Gasteiger partial charge in [-0.25, -0.2) is 5.01 Å². The number of halogens is 1. The highest BCUT2D eigenvalue weighted by Crippen LogP contribution is 2.48. The lowest BCUT2D eigenvalue weighted by molar-refractivity contribution is -0.0191. The molecule has 158 valence electrons. The number of aryl methyl sites for hydroxylation is 1. The fourth-order valence-corrected chi connectivity index (χ4v) is 4.39. The van der Waals surface area contributed by atoms with Gasteiger partial charge in [0.15, 0.2) is 11.5 Å². The minimum Gasteiger partial charge on any atom is -0.493 e. The van der Waals surface area contributed by atoms with E-state index in [0.29, 0.717) is 16.5 Å². The summed E-state index contributed by atoms with van der Waals surface area (Å²) in [6.07, 6.45) is 0.394. The Morgan fingerprint density at radius 1 is 0.968 bits per heavy atom. The van der Waals surface area contributed by atoms with Crippen molar-refractivity contribution in [3.63, 3.8) is 0 Å². The molecule has 5 rings (SSSR count). The average molecular weight is 435 g/mol. The van der Waals surface area contributed by atoms with Crippen LogP contribution in [-0.4, -0.2) is 24.9 Å². The summed E-state index contributed by atoms with van der Waals surface area (Å²) in [5.41, 5.74) is 5.37. The molecule has 0 unspecified atom stereocenters. The van der Waals surface area contributed by atoms with E-state index in [9.17, 15) is 0 Å². The van der Waals surface area contributed by atoms with E-state index in [1.807, 2.05) is 41.4 Å². The van der Waals surface area contributed by atoms with Crippen LogP contribution in [0.1, 0.15) is 40.9 Å². The first-order valence-corrected chi connectivity index (χ1v) is 10.6. The Morgan fingerprint density at radius 3 is 2.48 bits per heavy atom. The maximum Gasteiger partial charge on any atom is 0.214 e. The maximum absolute atomic E-state index is 6.43. The van der Waals surface area contributed by atoms with E-state index >= 15 is 0 Å². The van der Waals surface area contributed by atoms with E-state index < -0.39 is 0 Å². The average Bonchev–Trinajstić information content (AvgIpc) is 3.24. The standard InChI is InChI=1S/C25H23ClN2O3/c1-15-4-6-16(7-5-15)20-14-21-19-13-18(26)9-11-22(19)31-25(28(21)27-20)17-8-10-23(29-2)24(12-17)30-3/h4-13,21,25H,14H2,1-3H3/t21-,25-/m1/s1. The van der Waals surface area contributed by atoms with Gasteiger partial charge in [0, 0.05) is 22.6 Å². The molecule has 5 nitrogen and oxygen atoms in total. The minimum absolute atomic E-state index is 0.0387. The van der Waals surface area contributed by atoms with Crippen LogP contribution < -0.4 is 14.2 Å². The van der Waals surface area contributed by atoms with Crippen molar-refractivity contribution in [1.82, 2.24) is 5.01 Å². The van der Waals surface area contributed by atoms with Crippen molar-refractivity contribution in [2.75, 3.05) is 14.2 Å². The summed E-state index contributed by atoms with van der Waals surface area (Å²) in [4.78, 5) is 0. The zero-order valence-electron chi connectivity index (χ0n) is 17.6. The van der Waals surface area contributed by atoms with Crippen molar-refractivity contribution >= 4 is 17.3 Å². The molecular formula is C25H23ClN2O3. The predicted octanol–water partition coefficient (Wildman–Crippen LogP) is 5.91. The predicted molar refractivity (Wildman–Crippen MR) is 121 cm³/mol. The van der Waals surface area contributed by atoms with Gasteiger partial charge in [-0.15, -0.1) is 0 Å². The highest BCUT2D eigenvalue weighted by atomic mass is 35.5. The molecule has 0 saturated carbocycles. The van der Waals surface area contributed by atoms with Crippen molar-refractivity contribution in [3.8, 4) is 17.2 Å². The summed E-state index contributed by atoms with van der Waals surface area (Å²) in [5.74, 6) is 2.16. The van der Waals surface area contributed by atoms with Gasteiger partial charge in [0.2, 0.25) is 6.23 Å². The number of hydrogen-bond donors (Lipinski definition) is 0. The third-order valence-electron chi connectivity index (χ3n) is 5.83. The Hall–Kier alpha value is -3.18. The highest BCUT2D eigenvalue weighted by molar-refractivity contribution is 6.30. The molecule has 0 amide bonds. The molecule has 0 N–H and O–H groups in total.